The molecule has 0 unspecified atom stereocenters. The zero-order valence-corrected chi connectivity index (χ0v) is 14.7. The number of carboxylic acid groups (broad SMARTS) is 1. The summed E-state index contributed by atoms with van der Waals surface area (Å²) in [4.78, 5) is 10.1. The topological polar surface area (TPSA) is 63.3 Å². The van der Waals surface area contributed by atoms with Crippen LogP contribution < -0.4 is 5.73 Å². The maximum Gasteiger partial charge on any atom is 0.303 e. The molecule has 0 saturated heterocycles. The zero-order valence-electron chi connectivity index (χ0n) is 14.7. The highest BCUT2D eigenvalue weighted by molar-refractivity contribution is 5.66. The first kappa shape index (κ1) is 20.6. The third-order valence-corrected chi connectivity index (χ3v) is 3.58. The summed E-state index contributed by atoms with van der Waals surface area (Å²) in [6.07, 6.45) is 7.25. The van der Waals surface area contributed by atoms with Gasteiger partial charge in [0.25, 0.3) is 0 Å². The van der Waals surface area contributed by atoms with Crippen molar-refractivity contribution in [3.8, 4) is 0 Å². The molecule has 0 aliphatic heterocycles. The van der Waals surface area contributed by atoms with Crippen LogP contribution >= 0.6 is 0 Å². The highest BCUT2D eigenvalue weighted by Gasteiger charge is 2.14. The largest absolute Gasteiger partial charge is 0.481 e. The van der Waals surface area contributed by atoms with Gasteiger partial charge in [-0.25, -0.2) is 0 Å². The smallest absolute Gasteiger partial charge is 0.303 e. The molecule has 22 heavy (non-hydrogen) atoms. The Kier molecular flexibility index (Phi) is 10.6. The van der Waals surface area contributed by atoms with Crippen LogP contribution in [-0.4, -0.2) is 11.1 Å². The fourth-order valence-corrected chi connectivity index (χ4v) is 2.35. The van der Waals surface area contributed by atoms with Gasteiger partial charge in [-0.05, 0) is 38.3 Å². The Morgan fingerprint density at radius 3 is 2.09 bits per heavy atom. The van der Waals surface area contributed by atoms with E-state index in [0.717, 1.165) is 12.8 Å². The lowest BCUT2D eigenvalue weighted by atomic mass is 9.92. The first-order valence-corrected chi connectivity index (χ1v) is 8.35. The number of nitrogens with two attached hydrogens (primary N) is 1. The van der Waals surface area contributed by atoms with E-state index in [1.54, 1.807) is 0 Å². The zero-order chi connectivity index (χ0) is 17.0. The molecular weight excluding hydrogens is 274 g/mol. The minimum Gasteiger partial charge on any atom is -0.481 e. The molecule has 0 aromatic heterocycles. The summed E-state index contributed by atoms with van der Waals surface area (Å²) in [5.74, 6) is -0.666. The molecule has 126 valence electrons. The van der Waals surface area contributed by atoms with E-state index in [2.05, 4.69) is 26.0 Å². The molecule has 3 heteroatoms. The normalized spacial score (nSPS) is 10.8. The lowest BCUT2D eigenvalue weighted by molar-refractivity contribution is -0.137. The maximum absolute atomic E-state index is 10.1. The molecule has 0 aliphatic rings. The lowest BCUT2D eigenvalue weighted by Crippen LogP contribution is -2.29. The minimum atomic E-state index is -0.666. The molecule has 0 bridgehead atoms. The van der Waals surface area contributed by atoms with E-state index >= 15 is 0 Å². The van der Waals surface area contributed by atoms with Crippen molar-refractivity contribution in [1.29, 1.82) is 0 Å². The summed E-state index contributed by atoms with van der Waals surface area (Å²) in [7, 11) is 0. The van der Waals surface area contributed by atoms with Gasteiger partial charge in [0, 0.05) is 12.0 Å². The van der Waals surface area contributed by atoms with Crippen LogP contribution in [0.5, 0.6) is 0 Å². The summed E-state index contributed by atoms with van der Waals surface area (Å²) in [6, 6.07) is 8.22. The van der Waals surface area contributed by atoms with Gasteiger partial charge in [0.1, 0.15) is 0 Å². The number of hydrogen-bond acceptors (Lipinski definition) is 2. The summed E-state index contributed by atoms with van der Waals surface area (Å²) < 4.78 is 0. The van der Waals surface area contributed by atoms with Gasteiger partial charge in [0.2, 0.25) is 0 Å². The molecule has 3 N–H and O–H groups in total. The van der Waals surface area contributed by atoms with E-state index in [0.29, 0.717) is 6.42 Å². The van der Waals surface area contributed by atoms with Gasteiger partial charge in [-0.1, -0.05) is 63.3 Å². The van der Waals surface area contributed by atoms with Gasteiger partial charge in [-0.3, -0.25) is 4.79 Å². The second kappa shape index (κ2) is 11.2. The van der Waals surface area contributed by atoms with Crippen LogP contribution in [0.4, 0.5) is 0 Å². The minimum absolute atomic E-state index is 0.217. The summed E-state index contributed by atoms with van der Waals surface area (Å²) in [6.45, 7) is 8.31. The second-order valence-corrected chi connectivity index (χ2v) is 6.45. The van der Waals surface area contributed by atoms with Crippen molar-refractivity contribution < 1.29 is 9.90 Å². The van der Waals surface area contributed by atoms with Crippen molar-refractivity contribution in [1.82, 2.24) is 0 Å². The predicted octanol–water partition coefficient (Wildman–Crippen LogP) is 5.01. The van der Waals surface area contributed by atoms with Crippen LogP contribution in [0.1, 0.15) is 76.8 Å². The van der Waals surface area contributed by atoms with E-state index in [4.69, 9.17) is 10.8 Å². The average molecular weight is 307 g/mol. The molecule has 0 saturated carbocycles. The molecule has 0 fully saturated rings. The Balaban J connectivity index is 0.000000401. The Morgan fingerprint density at radius 1 is 1.09 bits per heavy atom. The summed E-state index contributed by atoms with van der Waals surface area (Å²) in [5, 5.41) is 8.32. The van der Waals surface area contributed by atoms with Gasteiger partial charge >= 0.3 is 5.97 Å². The Bertz CT molecular complexity index is 422. The van der Waals surface area contributed by atoms with E-state index in [1.165, 1.54) is 36.8 Å². The number of carbonyl (C=O) groups is 1. The molecule has 0 atom stereocenters. The fourth-order valence-electron chi connectivity index (χ4n) is 2.35. The van der Waals surface area contributed by atoms with Crippen LogP contribution in [0.15, 0.2) is 24.3 Å². The maximum atomic E-state index is 10.1. The second-order valence-electron chi connectivity index (χ2n) is 6.45. The van der Waals surface area contributed by atoms with Crippen molar-refractivity contribution in [2.45, 2.75) is 78.2 Å². The van der Waals surface area contributed by atoms with Crippen molar-refractivity contribution in [2.24, 2.45) is 5.73 Å². The van der Waals surface area contributed by atoms with E-state index in [9.17, 15) is 4.79 Å². The molecule has 0 aliphatic carbocycles. The van der Waals surface area contributed by atoms with E-state index in [1.807, 2.05) is 26.0 Å². The average Bonchev–Trinajstić information content (AvgIpc) is 2.42. The van der Waals surface area contributed by atoms with Gasteiger partial charge in [0.15, 0.2) is 0 Å². The molecular formula is C19H33NO2. The SMILES string of the molecule is CCCCCCCCC(=O)O.Cc1ccccc1C(C)(C)N. The number of aliphatic carboxylic acids is 1. The monoisotopic (exact) mass is 307 g/mol. The molecule has 1 rings (SSSR count). The quantitative estimate of drug-likeness (QED) is 0.663. The lowest BCUT2D eigenvalue weighted by Gasteiger charge is -2.21. The first-order chi connectivity index (χ1) is 10.3. The number of unbranched alkanes of at least 4 members (excludes halogenated alkanes) is 5. The Hall–Kier alpha value is -1.35. The van der Waals surface area contributed by atoms with Crippen molar-refractivity contribution in [3.05, 3.63) is 35.4 Å². The predicted molar refractivity (Wildman–Crippen MR) is 94.0 cm³/mol. The number of carboxylic acids is 1. The number of rotatable bonds is 8. The molecule has 1 aromatic rings. The highest BCUT2D eigenvalue weighted by Crippen LogP contribution is 2.19. The molecule has 3 nitrogen and oxygen atoms in total. The van der Waals surface area contributed by atoms with Gasteiger partial charge in [-0.15, -0.1) is 0 Å². The standard InChI is InChI=1S/C10H15N.C9H18O2/c1-8-6-4-5-7-9(8)10(2,3)11;1-2-3-4-5-6-7-8-9(10)11/h4-7H,11H2,1-3H3;2-8H2,1H3,(H,10,11). The van der Waals surface area contributed by atoms with Crippen molar-refractivity contribution in [2.75, 3.05) is 0 Å². The molecule has 1 aromatic carbocycles. The van der Waals surface area contributed by atoms with Crippen molar-refractivity contribution in [3.63, 3.8) is 0 Å². The molecule has 0 spiro atoms. The van der Waals surface area contributed by atoms with Crippen LogP contribution in [0, 0.1) is 6.92 Å². The highest BCUT2D eigenvalue weighted by atomic mass is 16.4. The Labute approximate surface area is 135 Å². The van der Waals surface area contributed by atoms with Crippen LogP contribution in [-0.2, 0) is 10.3 Å². The third-order valence-electron chi connectivity index (χ3n) is 3.58. The van der Waals surface area contributed by atoms with E-state index in [-0.39, 0.29) is 5.54 Å². The number of benzene rings is 1. The third kappa shape index (κ3) is 10.4. The van der Waals surface area contributed by atoms with E-state index < -0.39 is 5.97 Å². The first-order valence-electron chi connectivity index (χ1n) is 8.35. The van der Waals surface area contributed by atoms with Gasteiger partial charge in [-0.2, -0.15) is 0 Å². The molecule has 0 amide bonds. The van der Waals surface area contributed by atoms with Gasteiger partial charge < -0.3 is 10.8 Å². The van der Waals surface area contributed by atoms with Gasteiger partial charge in [0.05, 0.1) is 0 Å². The summed E-state index contributed by atoms with van der Waals surface area (Å²) in [5.41, 5.74) is 8.23. The van der Waals surface area contributed by atoms with Crippen LogP contribution in [0.3, 0.4) is 0 Å². The molecule has 0 radical (unpaired) electrons. The number of hydrogen-bond donors (Lipinski definition) is 2. The molecule has 0 heterocycles. The van der Waals surface area contributed by atoms with Crippen molar-refractivity contribution >= 4 is 5.97 Å². The Morgan fingerprint density at radius 2 is 1.64 bits per heavy atom. The van der Waals surface area contributed by atoms with Crippen LogP contribution in [0.25, 0.3) is 0 Å². The number of aryl methyl sites for hydroxylation is 1. The fraction of sp³-hybridized carbons (Fsp3) is 0.632. The summed E-state index contributed by atoms with van der Waals surface area (Å²) >= 11 is 0. The van der Waals surface area contributed by atoms with Crippen LogP contribution in [0.2, 0.25) is 0 Å².